The van der Waals surface area contributed by atoms with Crippen LogP contribution in [-0.4, -0.2) is 107 Å². The standard InChI is InChI=1S/C54H52N10O8S3/c1-3-61(37-21-17-35(18-22-37)57-59-53-55-51(63-25-9-10-26-63)45(73-53)33-43-47(65)39-13-5-6-14-40(39)48(43)66)29-31-71-75(69,70)72-32-30-62(4-2)38-23-19-36(20-24-38)58-60-54-56-52(64-27-11-12-28-64)46(74-54)34-44-49(67)41-15-7-8-16-42(41)50(44)68/h5-8,13-24,33-34H,3-4,9-12,25-32H2,1-2H3. The molecule has 0 unspecified atom stereocenters. The molecule has 0 radical (unpaired) electrons. The van der Waals surface area contributed by atoms with Crippen LogP contribution in [0.5, 0.6) is 0 Å². The third-order valence-corrected chi connectivity index (χ3v) is 16.0. The number of carbonyl (C=O) groups is 4. The van der Waals surface area contributed by atoms with E-state index in [4.69, 9.17) is 18.3 Å². The van der Waals surface area contributed by atoms with Gasteiger partial charge in [-0.25, -0.2) is 8.37 Å². The summed E-state index contributed by atoms with van der Waals surface area (Å²) in [6.07, 6.45) is 7.36. The third-order valence-electron chi connectivity index (χ3n) is 13.3. The van der Waals surface area contributed by atoms with E-state index in [1.54, 1.807) is 84.9 Å². The summed E-state index contributed by atoms with van der Waals surface area (Å²) in [4.78, 5) is 71.8. The number of aromatic nitrogens is 2. The number of anilines is 4. The van der Waals surface area contributed by atoms with Crippen LogP contribution in [0.1, 0.15) is 90.7 Å². The number of ketones is 4. The summed E-state index contributed by atoms with van der Waals surface area (Å²) in [5, 5.41) is 18.5. The van der Waals surface area contributed by atoms with E-state index < -0.39 is 10.4 Å². The van der Waals surface area contributed by atoms with Gasteiger partial charge in [-0.15, -0.1) is 20.5 Å². The lowest BCUT2D eigenvalue weighted by molar-refractivity contribution is 0.0975. The van der Waals surface area contributed by atoms with Crippen molar-refractivity contribution in [3.8, 4) is 0 Å². The summed E-state index contributed by atoms with van der Waals surface area (Å²) < 4.78 is 36.1. The van der Waals surface area contributed by atoms with Gasteiger partial charge in [-0.2, -0.15) is 18.4 Å². The zero-order valence-corrected chi connectivity index (χ0v) is 43.7. The molecule has 21 heteroatoms. The van der Waals surface area contributed by atoms with E-state index in [0.717, 1.165) is 63.2 Å². The molecule has 0 bridgehead atoms. The van der Waals surface area contributed by atoms with Gasteiger partial charge in [0.2, 0.25) is 10.3 Å². The molecule has 75 heavy (non-hydrogen) atoms. The van der Waals surface area contributed by atoms with E-state index in [1.807, 2.05) is 47.9 Å². The molecule has 0 amide bonds. The molecular weight excluding hydrogens is 1010 g/mol. The molecule has 0 N–H and O–H groups in total. The number of rotatable bonds is 20. The number of fused-ring (bicyclic) bond motifs is 2. The molecule has 384 valence electrons. The Kier molecular flexibility index (Phi) is 15.4. The smallest absolute Gasteiger partial charge is 0.369 e. The molecule has 18 nitrogen and oxygen atoms in total. The number of allylic oxidation sites excluding steroid dienone is 2. The fourth-order valence-corrected chi connectivity index (χ4v) is 11.7. The van der Waals surface area contributed by atoms with Crippen LogP contribution in [-0.2, 0) is 18.8 Å². The van der Waals surface area contributed by atoms with Crippen LogP contribution in [0.15, 0.2) is 129 Å². The Bertz CT molecular complexity index is 3100. The van der Waals surface area contributed by atoms with Crippen LogP contribution < -0.4 is 19.6 Å². The Labute approximate surface area is 442 Å². The third kappa shape index (κ3) is 11.3. The van der Waals surface area contributed by atoms with Crippen LogP contribution in [0.2, 0.25) is 0 Å². The minimum atomic E-state index is -4.30. The largest absolute Gasteiger partial charge is 0.399 e. The number of Topliss-reactive ketones (excluding diaryl/α,β-unsaturated/α-hetero) is 4. The molecular formula is C54H52N10O8S3. The molecule has 10 rings (SSSR count). The number of thiazole rings is 2. The Morgan fingerprint density at radius 1 is 0.533 bits per heavy atom. The fourth-order valence-electron chi connectivity index (χ4n) is 9.41. The summed E-state index contributed by atoms with van der Waals surface area (Å²) in [6, 6.07) is 28.4. The van der Waals surface area contributed by atoms with Gasteiger partial charge in [0.15, 0.2) is 23.1 Å². The summed E-state index contributed by atoms with van der Waals surface area (Å²) >= 11 is 2.54. The highest BCUT2D eigenvalue weighted by molar-refractivity contribution is 7.81. The Hall–Kier alpha value is -7.43. The summed E-state index contributed by atoms with van der Waals surface area (Å²) in [5.41, 5.74) is 4.69. The minimum absolute atomic E-state index is 0.120. The first kappa shape index (κ1) is 51.1. The molecule has 4 aliphatic rings. The molecule has 2 fully saturated rings. The van der Waals surface area contributed by atoms with Crippen molar-refractivity contribution >= 4 is 113 Å². The summed E-state index contributed by atoms with van der Waals surface area (Å²) in [7, 11) is -4.30. The first-order valence-electron chi connectivity index (χ1n) is 24.9. The van der Waals surface area contributed by atoms with Crippen molar-refractivity contribution < 1.29 is 36.0 Å². The van der Waals surface area contributed by atoms with E-state index in [0.29, 0.717) is 78.4 Å². The number of carbonyl (C=O) groups excluding carboxylic acids is 4. The van der Waals surface area contributed by atoms with Crippen molar-refractivity contribution in [3.63, 3.8) is 0 Å². The van der Waals surface area contributed by atoms with Crippen molar-refractivity contribution in [2.75, 3.05) is 85.2 Å². The van der Waals surface area contributed by atoms with Gasteiger partial charge in [0.1, 0.15) is 11.6 Å². The van der Waals surface area contributed by atoms with Crippen molar-refractivity contribution in [2.45, 2.75) is 39.5 Å². The van der Waals surface area contributed by atoms with Crippen LogP contribution in [0.25, 0.3) is 12.2 Å². The molecule has 2 aliphatic carbocycles. The van der Waals surface area contributed by atoms with E-state index >= 15 is 0 Å². The number of hydrogen-bond donors (Lipinski definition) is 0. The molecule has 2 aromatic heterocycles. The second-order valence-corrected chi connectivity index (χ2v) is 21.2. The molecule has 4 aromatic carbocycles. The van der Waals surface area contributed by atoms with Crippen LogP contribution in [0, 0.1) is 0 Å². The number of benzene rings is 4. The molecule has 2 aliphatic heterocycles. The molecule has 2 saturated heterocycles. The van der Waals surface area contributed by atoms with Gasteiger partial charge in [0.05, 0.1) is 45.5 Å². The Morgan fingerprint density at radius 3 is 1.21 bits per heavy atom. The lowest BCUT2D eigenvalue weighted by atomic mass is 10.1. The predicted octanol–water partition coefficient (Wildman–Crippen LogP) is 11.2. The molecule has 0 spiro atoms. The van der Waals surface area contributed by atoms with Crippen LogP contribution in [0.4, 0.5) is 44.6 Å². The highest BCUT2D eigenvalue weighted by Gasteiger charge is 2.35. The molecule has 0 atom stereocenters. The second-order valence-electron chi connectivity index (χ2n) is 17.9. The number of hydrogen-bond acceptors (Lipinski definition) is 20. The SMILES string of the molecule is CCN(CCOS(=O)(=O)OCCN(CC)c1ccc(N=Nc2nc(N3CCCC3)c(C=C3C(=O)c4ccccc4C3=O)s2)cc1)c1ccc(N=Nc2nc(N3CCCC3)c(C=C3C(=O)c4ccccc4C3=O)s2)cc1. The topological polar surface area (TPSA) is 209 Å². The predicted molar refractivity (Wildman–Crippen MR) is 291 cm³/mol. The van der Waals surface area contributed by atoms with Gasteiger partial charge in [0.25, 0.3) is 0 Å². The highest BCUT2D eigenvalue weighted by atomic mass is 32.3. The van der Waals surface area contributed by atoms with Gasteiger partial charge < -0.3 is 19.6 Å². The maximum atomic E-state index is 13.2. The first-order chi connectivity index (χ1) is 36.5. The maximum Gasteiger partial charge on any atom is 0.399 e. The van der Waals surface area contributed by atoms with Crippen LogP contribution >= 0.6 is 22.7 Å². The molecule has 6 aromatic rings. The highest BCUT2D eigenvalue weighted by Crippen LogP contribution is 2.40. The lowest BCUT2D eigenvalue weighted by Crippen LogP contribution is -2.30. The minimum Gasteiger partial charge on any atom is -0.369 e. The Balaban J connectivity index is 0.703. The monoisotopic (exact) mass is 1060 g/mol. The number of nitrogens with zero attached hydrogens (tertiary/aromatic N) is 10. The lowest BCUT2D eigenvalue weighted by Gasteiger charge is -2.23. The van der Waals surface area contributed by atoms with Crippen LogP contribution in [0.3, 0.4) is 0 Å². The zero-order chi connectivity index (χ0) is 52.1. The maximum absolute atomic E-state index is 13.2. The van der Waals surface area contributed by atoms with E-state index in [-0.39, 0.29) is 60.6 Å². The van der Waals surface area contributed by atoms with E-state index in [9.17, 15) is 27.6 Å². The number of likely N-dealkylation sites (N-methyl/N-ethyl adjacent to an activating group) is 2. The molecule has 4 heterocycles. The average molecular weight is 1070 g/mol. The first-order valence-corrected chi connectivity index (χ1v) is 27.8. The fraction of sp³-hybridized carbons (Fsp3) is 0.296. The van der Waals surface area contributed by atoms with Gasteiger partial charge >= 0.3 is 10.4 Å². The van der Waals surface area contributed by atoms with Crippen molar-refractivity contribution in [2.24, 2.45) is 20.5 Å². The van der Waals surface area contributed by atoms with E-state index in [2.05, 4.69) is 30.3 Å². The Morgan fingerprint density at radius 2 is 0.880 bits per heavy atom. The van der Waals surface area contributed by atoms with Crippen molar-refractivity contribution in [1.29, 1.82) is 0 Å². The molecule has 0 saturated carbocycles. The van der Waals surface area contributed by atoms with Crippen molar-refractivity contribution in [1.82, 2.24) is 9.97 Å². The zero-order valence-electron chi connectivity index (χ0n) is 41.3. The summed E-state index contributed by atoms with van der Waals surface area (Å²) in [5.74, 6) is 0.197. The van der Waals surface area contributed by atoms with Gasteiger partial charge in [-0.1, -0.05) is 71.2 Å². The van der Waals surface area contributed by atoms with Gasteiger partial charge in [-0.05, 0) is 100 Å². The van der Waals surface area contributed by atoms with E-state index in [1.165, 1.54) is 22.7 Å². The quantitative estimate of drug-likeness (QED) is 0.0396. The average Bonchev–Trinajstić information content (AvgIpc) is 4.32. The van der Waals surface area contributed by atoms with Gasteiger partial charge in [0, 0.05) is 86.0 Å². The van der Waals surface area contributed by atoms with Gasteiger partial charge in [-0.3, -0.25) is 19.2 Å². The summed E-state index contributed by atoms with van der Waals surface area (Å²) in [6.45, 7) is 8.62. The second kappa shape index (κ2) is 22.6. The van der Waals surface area contributed by atoms with Crippen molar-refractivity contribution in [3.05, 3.63) is 140 Å². The number of azo groups is 2. The normalized spacial score (nSPS) is 15.6.